The highest BCUT2D eigenvalue weighted by atomic mass is 19.4. The molecule has 0 atom stereocenters. The van der Waals surface area contributed by atoms with E-state index >= 15 is 0 Å². The van der Waals surface area contributed by atoms with Crippen LogP contribution in [-0.2, 0) is 22.9 Å². The monoisotopic (exact) mass is 450 g/mol. The standard InChI is InChI=1S/C24H29F3N2O3/c1-22(2,3)18-8-10-20(11-9-18)28-21(30)32-23(31)12-14-29(15-13-23)16-17-4-6-19(7-5-17)24(25,26)27/h4-11,31H,12-16H2,1-3H3,(H,28,30). The summed E-state index contributed by atoms with van der Waals surface area (Å²) in [6.07, 6.45) is -4.66. The third-order valence-corrected chi connectivity index (χ3v) is 5.60. The number of rotatable bonds is 4. The Balaban J connectivity index is 1.48. The van der Waals surface area contributed by atoms with Crippen LogP contribution in [0.5, 0.6) is 0 Å². The van der Waals surface area contributed by atoms with Gasteiger partial charge in [-0.1, -0.05) is 45.0 Å². The molecule has 0 radical (unpaired) electrons. The summed E-state index contributed by atoms with van der Waals surface area (Å²) in [5.74, 6) is -1.58. The van der Waals surface area contributed by atoms with Gasteiger partial charge in [-0.05, 0) is 40.8 Å². The summed E-state index contributed by atoms with van der Waals surface area (Å²) in [5.41, 5.74) is 1.78. The molecule has 1 aliphatic heterocycles. The summed E-state index contributed by atoms with van der Waals surface area (Å²) >= 11 is 0. The molecule has 2 N–H and O–H groups in total. The third kappa shape index (κ3) is 6.46. The summed E-state index contributed by atoms with van der Waals surface area (Å²) in [6, 6.07) is 12.5. The van der Waals surface area contributed by atoms with E-state index in [0.717, 1.165) is 23.3 Å². The number of nitrogens with one attached hydrogen (secondary N) is 1. The average Bonchev–Trinajstić information content (AvgIpc) is 2.69. The maximum Gasteiger partial charge on any atom is 0.416 e. The summed E-state index contributed by atoms with van der Waals surface area (Å²) < 4.78 is 43.3. The molecule has 2 aromatic carbocycles. The fourth-order valence-electron chi connectivity index (χ4n) is 3.59. The zero-order valence-corrected chi connectivity index (χ0v) is 18.5. The van der Waals surface area contributed by atoms with Gasteiger partial charge in [0.1, 0.15) is 0 Å². The Kier molecular flexibility index (Phi) is 6.86. The number of alkyl halides is 3. The predicted octanol–water partition coefficient (Wildman–Crippen LogP) is 5.54. The number of carbonyl (C=O) groups excluding carboxylic acids is 1. The maximum absolute atomic E-state index is 12.7. The van der Waals surface area contributed by atoms with E-state index < -0.39 is 23.6 Å². The molecule has 0 aliphatic carbocycles. The molecule has 174 valence electrons. The minimum absolute atomic E-state index is 0.00252. The van der Waals surface area contributed by atoms with Gasteiger partial charge in [-0.3, -0.25) is 10.2 Å². The van der Waals surface area contributed by atoms with Gasteiger partial charge in [-0.25, -0.2) is 4.79 Å². The highest BCUT2D eigenvalue weighted by molar-refractivity contribution is 5.84. The number of ether oxygens (including phenoxy) is 1. The van der Waals surface area contributed by atoms with Crippen LogP contribution in [0.4, 0.5) is 23.7 Å². The summed E-state index contributed by atoms with van der Waals surface area (Å²) in [7, 11) is 0. The molecule has 2 aromatic rings. The molecule has 0 saturated carbocycles. The fraction of sp³-hybridized carbons (Fsp3) is 0.458. The Bertz CT molecular complexity index is 911. The van der Waals surface area contributed by atoms with E-state index in [4.69, 9.17) is 4.74 Å². The van der Waals surface area contributed by atoms with Crippen molar-refractivity contribution in [2.45, 2.75) is 57.5 Å². The Morgan fingerprint density at radius 1 is 1.00 bits per heavy atom. The number of amides is 1. The highest BCUT2D eigenvalue weighted by Crippen LogP contribution is 2.30. The first-order valence-corrected chi connectivity index (χ1v) is 10.6. The second-order valence-electron chi connectivity index (χ2n) is 9.26. The van der Waals surface area contributed by atoms with Crippen LogP contribution in [0.2, 0.25) is 0 Å². The number of piperidine rings is 1. The van der Waals surface area contributed by atoms with Crippen molar-refractivity contribution in [1.29, 1.82) is 0 Å². The second kappa shape index (κ2) is 9.11. The number of hydrogen-bond donors (Lipinski definition) is 2. The third-order valence-electron chi connectivity index (χ3n) is 5.60. The van der Waals surface area contributed by atoms with E-state index in [1.165, 1.54) is 12.1 Å². The quantitative estimate of drug-likeness (QED) is 0.601. The van der Waals surface area contributed by atoms with E-state index in [1.807, 2.05) is 17.0 Å². The zero-order chi connectivity index (χ0) is 23.6. The lowest BCUT2D eigenvalue weighted by Crippen LogP contribution is -2.47. The smallest absolute Gasteiger partial charge is 0.416 e. The Labute approximate surface area is 186 Å². The minimum Gasteiger partial charge on any atom is -0.417 e. The number of hydrogen-bond acceptors (Lipinski definition) is 4. The summed E-state index contributed by atoms with van der Waals surface area (Å²) in [4.78, 5) is 14.3. The maximum atomic E-state index is 12.7. The van der Waals surface area contributed by atoms with E-state index in [2.05, 4.69) is 26.1 Å². The van der Waals surface area contributed by atoms with Gasteiger partial charge in [0.2, 0.25) is 5.79 Å². The highest BCUT2D eigenvalue weighted by Gasteiger charge is 2.36. The molecular formula is C24H29F3N2O3. The molecule has 1 saturated heterocycles. The fourth-order valence-corrected chi connectivity index (χ4v) is 3.59. The van der Waals surface area contributed by atoms with E-state index in [1.54, 1.807) is 12.1 Å². The molecule has 1 amide bonds. The molecule has 3 rings (SSSR count). The van der Waals surface area contributed by atoms with Crippen LogP contribution < -0.4 is 5.32 Å². The van der Waals surface area contributed by atoms with Crippen molar-refractivity contribution in [3.63, 3.8) is 0 Å². The number of halogens is 3. The van der Waals surface area contributed by atoms with Crippen LogP contribution in [0.15, 0.2) is 48.5 Å². The van der Waals surface area contributed by atoms with Crippen molar-refractivity contribution in [1.82, 2.24) is 4.90 Å². The van der Waals surface area contributed by atoms with Gasteiger partial charge >= 0.3 is 12.3 Å². The Hall–Kier alpha value is -2.58. The number of anilines is 1. The topological polar surface area (TPSA) is 61.8 Å². The van der Waals surface area contributed by atoms with Gasteiger partial charge in [-0.15, -0.1) is 0 Å². The first-order chi connectivity index (χ1) is 14.8. The van der Waals surface area contributed by atoms with Crippen LogP contribution in [0.1, 0.15) is 50.3 Å². The largest absolute Gasteiger partial charge is 0.417 e. The average molecular weight is 451 g/mol. The molecule has 1 aliphatic rings. The summed E-state index contributed by atoms with van der Waals surface area (Å²) in [5, 5.41) is 13.3. The van der Waals surface area contributed by atoms with E-state index in [9.17, 15) is 23.1 Å². The van der Waals surface area contributed by atoms with E-state index in [0.29, 0.717) is 25.3 Å². The normalized spacial score (nSPS) is 17.1. The Morgan fingerprint density at radius 2 is 1.53 bits per heavy atom. The second-order valence-corrected chi connectivity index (χ2v) is 9.26. The van der Waals surface area contributed by atoms with Crippen LogP contribution in [0.3, 0.4) is 0 Å². The zero-order valence-electron chi connectivity index (χ0n) is 18.5. The van der Waals surface area contributed by atoms with Crippen molar-refractivity contribution in [2.75, 3.05) is 18.4 Å². The first-order valence-electron chi connectivity index (χ1n) is 10.6. The van der Waals surface area contributed by atoms with Gasteiger partial charge in [0.05, 0.1) is 5.56 Å². The molecule has 0 unspecified atom stereocenters. The molecule has 1 fully saturated rings. The number of carbonyl (C=O) groups is 1. The SMILES string of the molecule is CC(C)(C)c1ccc(NC(=O)OC2(O)CCN(Cc3ccc(C(F)(F)F)cc3)CC2)cc1. The molecule has 0 aromatic heterocycles. The van der Waals surface area contributed by atoms with Gasteiger partial charge in [-0.2, -0.15) is 13.2 Å². The molecule has 5 nitrogen and oxygen atoms in total. The molecule has 8 heteroatoms. The van der Waals surface area contributed by atoms with Crippen LogP contribution in [-0.4, -0.2) is 35.0 Å². The molecule has 0 spiro atoms. The van der Waals surface area contributed by atoms with Crippen molar-refractivity contribution in [3.05, 3.63) is 65.2 Å². The number of benzene rings is 2. The number of likely N-dealkylation sites (tertiary alicyclic amines) is 1. The van der Waals surface area contributed by atoms with Crippen molar-refractivity contribution >= 4 is 11.8 Å². The lowest BCUT2D eigenvalue weighted by atomic mass is 9.87. The molecule has 1 heterocycles. The number of nitrogens with zero attached hydrogens (tertiary/aromatic N) is 1. The van der Waals surface area contributed by atoms with Crippen molar-refractivity contribution in [2.24, 2.45) is 0 Å². The summed E-state index contributed by atoms with van der Waals surface area (Å²) in [6.45, 7) is 7.66. The Morgan fingerprint density at radius 3 is 2.03 bits per heavy atom. The predicted molar refractivity (Wildman–Crippen MR) is 116 cm³/mol. The first kappa shape index (κ1) is 24.1. The van der Waals surface area contributed by atoms with Crippen molar-refractivity contribution < 1.29 is 27.8 Å². The van der Waals surface area contributed by atoms with Gasteiger partial charge in [0.25, 0.3) is 0 Å². The molecular weight excluding hydrogens is 421 g/mol. The van der Waals surface area contributed by atoms with Gasteiger partial charge in [0.15, 0.2) is 0 Å². The lowest BCUT2D eigenvalue weighted by molar-refractivity contribution is -0.186. The van der Waals surface area contributed by atoms with Gasteiger partial charge < -0.3 is 9.84 Å². The van der Waals surface area contributed by atoms with Crippen LogP contribution >= 0.6 is 0 Å². The molecule has 32 heavy (non-hydrogen) atoms. The number of aliphatic hydroxyl groups is 1. The van der Waals surface area contributed by atoms with Crippen LogP contribution in [0, 0.1) is 0 Å². The van der Waals surface area contributed by atoms with Crippen molar-refractivity contribution in [3.8, 4) is 0 Å². The minimum atomic E-state index is -4.35. The van der Waals surface area contributed by atoms with Crippen LogP contribution in [0.25, 0.3) is 0 Å². The lowest BCUT2D eigenvalue weighted by Gasteiger charge is -2.37. The van der Waals surface area contributed by atoms with E-state index in [-0.39, 0.29) is 18.3 Å². The molecule has 0 bridgehead atoms. The van der Waals surface area contributed by atoms with Gasteiger partial charge in [0, 0.05) is 38.2 Å².